The van der Waals surface area contributed by atoms with Crippen molar-refractivity contribution in [3.05, 3.63) is 0 Å². The van der Waals surface area contributed by atoms with Crippen LogP contribution in [0.4, 0.5) is 0 Å². The normalized spacial score (nSPS) is 25.0. The van der Waals surface area contributed by atoms with Gasteiger partial charge in [0.05, 0.1) is 18.8 Å². The maximum atomic E-state index is 12.0. The molecular weight excluding hydrogens is 305 g/mol. The molecule has 1 rings (SSSR count). The average molecular weight is 327 g/mol. The van der Waals surface area contributed by atoms with Crippen molar-refractivity contribution in [1.29, 1.82) is 0 Å². The minimum absolute atomic E-state index is 0.0834. The quantitative estimate of drug-likeness (QED) is 0.203. The van der Waals surface area contributed by atoms with Gasteiger partial charge in [0.1, 0.15) is 0 Å². The fourth-order valence-electron chi connectivity index (χ4n) is 2.27. The molecule has 1 unspecified atom stereocenters. The Balaban J connectivity index is 2.46. The van der Waals surface area contributed by atoms with Gasteiger partial charge in [0.2, 0.25) is 5.91 Å². The summed E-state index contributed by atoms with van der Waals surface area (Å²) in [4.78, 5) is 22.4. The highest BCUT2D eigenvalue weighted by molar-refractivity contribution is 7.47. The van der Waals surface area contributed by atoms with Gasteiger partial charge >= 0.3 is 7.82 Å². The summed E-state index contributed by atoms with van der Waals surface area (Å²) in [6, 6.07) is -0.541. The van der Waals surface area contributed by atoms with Crippen molar-refractivity contribution in [2.24, 2.45) is 0 Å². The molecule has 21 heavy (non-hydrogen) atoms. The molecule has 0 saturated carbocycles. The Morgan fingerprint density at radius 2 is 2.05 bits per heavy atom. The van der Waals surface area contributed by atoms with E-state index in [4.69, 9.17) is 15.3 Å². The third kappa shape index (κ3) is 6.39. The fraction of sp³-hybridized carbons (Fsp3) is 0.909. The van der Waals surface area contributed by atoms with Gasteiger partial charge in [-0.2, -0.15) is 0 Å². The fourth-order valence-corrected chi connectivity index (χ4v) is 2.68. The number of aliphatic hydroxyl groups is 2. The van der Waals surface area contributed by atoms with E-state index in [1.54, 1.807) is 0 Å². The van der Waals surface area contributed by atoms with E-state index in [1.807, 2.05) is 0 Å². The van der Waals surface area contributed by atoms with E-state index in [-0.39, 0.29) is 38.5 Å². The summed E-state index contributed by atoms with van der Waals surface area (Å²) in [5.74, 6) is -0.184. The minimum atomic E-state index is -4.52. The van der Waals surface area contributed by atoms with E-state index in [1.165, 1.54) is 4.90 Å². The largest absolute Gasteiger partial charge is 0.499 e. The predicted molar refractivity (Wildman–Crippen MR) is 71.2 cm³/mol. The number of phosphoric acid groups is 1. The summed E-state index contributed by atoms with van der Waals surface area (Å²) in [6.45, 7) is -0.0869. The number of aliphatic hydroxyl groups excluding tert-OH is 2. The lowest BCUT2D eigenvalue weighted by atomic mass is 10.1. The van der Waals surface area contributed by atoms with Crippen LogP contribution in [0.2, 0.25) is 0 Å². The molecular formula is C11H22NO8P. The van der Waals surface area contributed by atoms with Gasteiger partial charge in [0.25, 0.3) is 0 Å². The molecule has 0 aromatic heterocycles. The predicted octanol–water partition coefficient (Wildman–Crippen LogP) is 0.107. The Morgan fingerprint density at radius 3 is 2.67 bits per heavy atom. The maximum absolute atomic E-state index is 12.0. The van der Waals surface area contributed by atoms with Crippen LogP contribution in [0, 0.1) is 0 Å². The van der Waals surface area contributed by atoms with Gasteiger partial charge in [-0.3, -0.25) is 9.32 Å². The van der Waals surface area contributed by atoms with Crippen LogP contribution >= 0.6 is 7.82 Å². The molecule has 0 radical (unpaired) electrons. The van der Waals surface area contributed by atoms with E-state index in [2.05, 4.69) is 9.20 Å². The Kier molecular flexibility index (Phi) is 7.75. The first-order chi connectivity index (χ1) is 9.89. The zero-order valence-electron chi connectivity index (χ0n) is 11.6. The van der Waals surface area contributed by atoms with Gasteiger partial charge in [-0.05, 0) is 19.3 Å². The number of carbonyl (C=O) groups is 1. The summed E-state index contributed by atoms with van der Waals surface area (Å²) in [7, 11) is -4.52. The first kappa shape index (κ1) is 18.5. The number of phosphoric ester groups is 1. The van der Waals surface area contributed by atoms with E-state index >= 15 is 0 Å². The van der Waals surface area contributed by atoms with Crippen LogP contribution in [-0.2, 0) is 18.6 Å². The molecule has 4 N–H and O–H groups in total. The lowest BCUT2D eigenvalue weighted by Crippen LogP contribution is -2.38. The number of nitrogens with zero attached hydrogens (tertiary/aromatic N) is 1. The molecule has 0 aromatic carbocycles. The SMILES string of the molecule is O=C(CCCCCO)N1C[C@H](O)C[C@H]1COP(=O)(O)OO. The van der Waals surface area contributed by atoms with Crippen LogP contribution in [0.3, 0.4) is 0 Å². The van der Waals surface area contributed by atoms with Crippen LogP contribution in [0.25, 0.3) is 0 Å². The molecule has 1 saturated heterocycles. The van der Waals surface area contributed by atoms with Crippen LogP contribution in [0.1, 0.15) is 32.1 Å². The van der Waals surface area contributed by atoms with Crippen molar-refractivity contribution in [3.8, 4) is 0 Å². The molecule has 1 fully saturated rings. The van der Waals surface area contributed by atoms with Gasteiger partial charge in [0, 0.05) is 19.6 Å². The Labute approximate surface area is 122 Å². The van der Waals surface area contributed by atoms with Crippen LogP contribution in [0.15, 0.2) is 0 Å². The highest BCUT2D eigenvalue weighted by Gasteiger charge is 2.36. The van der Waals surface area contributed by atoms with E-state index in [9.17, 15) is 14.5 Å². The maximum Gasteiger partial charge on any atom is 0.499 e. The number of unbranched alkanes of at least 4 members (excludes halogenated alkanes) is 2. The summed E-state index contributed by atoms with van der Waals surface area (Å²) in [5, 5.41) is 26.5. The Morgan fingerprint density at radius 1 is 1.33 bits per heavy atom. The zero-order chi connectivity index (χ0) is 15.9. The molecule has 124 valence electrons. The van der Waals surface area contributed by atoms with Crippen molar-refractivity contribution in [3.63, 3.8) is 0 Å². The topological polar surface area (TPSA) is 137 Å². The van der Waals surface area contributed by atoms with Crippen LogP contribution in [0.5, 0.6) is 0 Å². The summed E-state index contributed by atoms with van der Waals surface area (Å²) in [6.07, 6.45) is 1.77. The summed E-state index contributed by atoms with van der Waals surface area (Å²) < 4.78 is 18.9. The van der Waals surface area contributed by atoms with Crippen molar-refractivity contribution in [2.45, 2.75) is 44.2 Å². The third-order valence-electron chi connectivity index (χ3n) is 3.29. The number of likely N-dealkylation sites (tertiary alicyclic amines) is 1. The van der Waals surface area contributed by atoms with E-state index < -0.39 is 20.0 Å². The Hall–Kier alpha value is -0.540. The second-order valence-electron chi connectivity index (χ2n) is 4.97. The number of amides is 1. The lowest BCUT2D eigenvalue weighted by molar-refractivity contribution is -0.163. The number of hydrogen-bond donors (Lipinski definition) is 4. The van der Waals surface area contributed by atoms with Gasteiger partial charge in [-0.1, -0.05) is 6.42 Å². The van der Waals surface area contributed by atoms with Crippen LogP contribution < -0.4 is 0 Å². The second kappa shape index (κ2) is 8.79. The van der Waals surface area contributed by atoms with Gasteiger partial charge in [-0.15, -0.1) is 4.67 Å². The van der Waals surface area contributed by atoms with Crippen molar-refractivity contribution >= 4 is 13.7 Å². The highest BCUT2D eigenvalue weighted by atomic mass is 31.2. The van der Waals surface area contributed by atoms with Crippen LogP contribution in [-0.4, -0.2) is 63.1 Å². The molecule has 10 heteroatoms. The monoisotopic (exact) mass is 327 g/mol. The number of hydrogen-bond acceptors (Lipinski definition) is 7. The molecule has 1 heterocycles. The summed E-state index contributed by atoms with van der Waals surface area (Å²) >= 11 is 0. The molecule has 0 aliphatic carbocycles. The van der Waals surface area contributed by atoms with Crippen molar-refractivity contribution < 1.29 is 38.9 Å². The van der Waals surface area contributed by atoms with Gasteiger partial charge in [0.15, 0.2) is 0 Å². The molecule has 3 atom stereocenters. The number of carbonyl (C=O) groups excluding carboxylic acids is 1. The molecule has 1 amide bonds. The van der Waals surface area contributed by atoms with Gasteiger partial charge < -0.3 is 20.0 Å². The molecule has 0 spiro atoms. The molecule has 0 aromatic rings. The standard InChI is InChI=1S/C11H22NO8P/c13-5-3-1-2-4-11(15)12-7-10(14)6-9(12)8-19-21(17,18)20-16/h9-10,13-14,16H,1-8H2,(H,17,18)/t9-,10+/m0/s1. The number of β-amino-alcohol motifs (C(OH)–C–C–N with tert-alkyl or cyclic N) is 1. The molecule has 9 nitrogen and oxygen atoms in total. The third-order valence-corrected chi connectivity index (χ3v) is 3.98. The number of rotatable bonds is 9. The minimum Gasteiger partial charge on any atom is -0.396 e. The average Bonchev–Trinajstić information content (AvgIpc) is 2.82. The summed E-state index contributed by atoms with van der Waals surface area (Å²) in [5.41, 5.74) is 0. The second-order valence-corrected chi connectivity index (χ2v) is 6.33. The zero-order valence-corrected chi connectivity index (χ0v) is 12.5. The molecule has 1 aliphatic heterocycles. The highest BCUT2D eigenvalue weighted by Crippen LogP contribution is 2.42. The molecule has 0 bridgehead atoms. The Bertz CT molecular complexity index is 379. The van der Waals surface area contributed by atoms with E-state index in [0.29, 0.717) is 12.8 Å². The van der Waals surface area contributed by atoms with Crippen molar-refractivity contribution in [2.75, 3.05) is 19.8 Å². The van der Waals surface area contributed by atoms with E-state index in [0.717, 1.165) is 6.42 Å². The first-order valence-electron chi connectivity index (χ1n) is 6.78. The van der Waals surface area contributed by atoms with Crippen molar-refractivity contribution in [1.82, 2.24) is 4.90 Å². The first-order valence-corrected chi connectivity index (χ1v) is 8.28. The smallest absolute Gasteiger partial charge is 0.396 e. The van der Waals surface area contributed by atoms with Gasteiger partial charge in [-0.25, -0.2) is 9.82 Å². The lowest BCUT2D eigenvalue weighted by Gasteiger charge is -2.24. The molecule has 1 aliphatic rings.